The van der Waals surface area contributed by atoms with Gasteiger partial charge in [0, 0.05) is 16.3 Å². The van der Waals surface area contributed by atoms with Gasteiger partial charge in [0.1, 0.15) is 5.25 Å². The largest absolute Gasteiger partial charge is 0.326 e. The first-order chi connectivity index (χ1) is 17.0. The van der Waals surface area contributed by atoms with Crippen LogP contribution in [0.3, 0.4) is 0 Å². The third kappa shape index (κ3) is 6.61. The van der Waals surface area contributed by atoms with Crippen molar-refractivity contribution < 1.29 is 9.59 Å². The molecule has 0 radical (unpaired) electrons. The summed E-state index contributed by atoms with van der Waals surface area (Å²) in [5.41, 5.74) is 5.48. The van der Waals surface area contributed by atoms with Gasteiger partial charge in [-0.05, 0) is 54.3 Å². The van der Waals surface area contributed by atoms with Crippen LogP contribution in [0.15, 0.2) is 108 Å². The summed E-state index contributed by atoms with van der Waals surface area (Å²) in [5.74, 6) is -0.164. The fourth-order valence-electron chi connectivity index (χ4n) is 3.87. The van der Waals surface area contributed by atoms with Gasteiger partial charge in [-0.15, -0.1) is 11.8 Å². The smallest absolute Gasteiger partial charge is 0.242 e. The molecule has 35 heavy (non-hydrogen) atoms. The van der Waals surface area contributed by atoms with Crippen molar-refractivity contribution in [3.05, 3.63) is 125 Å². The zero-order valence-electron chi connectivity index (χ0n) is 19.8. The molecule has 0 bridgehead atoms. The molecule has 4 rings (SSSR count). The predicted molar refractivity (Wildman–Crippen MR) is 145 cm³/mol. The molecule has 0 aliphatic rings. The van der Waals surface area contributed by atoms with Gasteiger partial charge in [-0.3, -0.25) is 9.59 Å². The molecular weight excluding hydrogens is 452 g/mol. The lowest BCUT2D eigenvalue weighted by Gasteiger charge is -2.19. The zero-order chi connectivity index (χ0) is 24.6. The lowest BCUT2D eigenvalue weighted by atomic mass is 10.1. The maximum absolute atomic E-state index is 13.5. The van der Waals surface area contributed by atoms with Crippen molar-refractivity contribution in [2.75, 3.05) is 10.6 Å². The van der Waals surface area contributed by atoms with Crippen molar-refractivity contribution in [1.82, 2.24) is 0 Å². The highest BCUT2D eigenvalue weighted by Crippen LogP contribution is 2.37. The predicted octanol–water partition coefficient (Wildman–Crippen LogP) is 6.96. The van der Waals surface area contributed by atoms with Crippen LogP contribution in [0, 0.1) is 13.8 Å². The number of benzene rings is 4. The third-order valence-electron chi connectivity index (χ3n) is 5.65. The number of aryl methyl sites for hydroxylation is 2. The van der Waals surface area contributed by atoms with Crippen LogP contribution in [0.25, 0.3) is 0 Å². The second-order valence-electron chi connectivity index (χ2n) is 8.40. The second kappa shape index (κ2) is 11.5. The summed E-state index contributed by atoms with van der Waals surface area (Å²) in [6.45, 7) is 3.99. The quantitative estimate of drug-likeness (QED) is 0.268. The number of anilines is 2. The fraction of sp³-hybridized carbons (Fsp3) is 0.133. The van der Waals surface area contributed by atoms with Gasteiger partial charge in [0.15, 0.2) is 0 Å². The van der Waals surface area contributed by atoms with Gasteiger partial charge in [0.25, 0.3) is 0 Å². The molecule has 4 nitrogen and oxygen atoms in total. The van der Waals surface area contributed by atoms with Crippen molar-refractivity contribution in [3.63, 3.8) is 0 Å². The molecule has 2 N–H and O–H groups in total. The molecule has 5 heteroatoms. The Morgan fingerprint density at radius 3 is 2.06 bits per heavy atom. The van der Waals surface area contributed by atoms with Crippen LogP contribution in [0.5, 0.6) is 0 Å². The maximum Gasteiger partial charge on any atom is 0.242 e. The first-order valence-electron chi connectivity index (χ1n) is 11.5. The first-order valence-corrected chi connectivity index (χ1v) is 12.4. The standard InChI is InChI=1S/C30H28N2O2S/c1-21-11-9-12-22(2)28(21)32-30(34)29(24-15-7-4-8-16-24)35-26-18-10-17-25(20-26)31-27(33)19-23-13-5-3-6-14-23/h3-18,20,29H,19H2,1-2H3,(H,31,33)(H,32,34). The van der Waals surface area contributed by atoms with E-state index >= 15 is 0 Å². The van der Waals surface area contributed by atoms with E-state index in [4.69, 9.17) is 0 Å². The molecule has 0 saturated carbocycles. The highest BCUT2D eigenvalue weighted by Gasteiger charge is 2.23. The van der Waals surface area contributed by atoms with Crippen molar-refractivity contribution in [2.45, 2.75) is 30.4 Å². The summed E-state index contributed by atoms with van der Waals surface area (Å²) in [7, 11) is 0. The first kappa shape index (κ1) is 24.3. The van der Waals surface area contributed by atoms with Gasteiger partial charge in [-0.25, -0.2) is 0 Å². The number of carbonyl (C=O) groups is 2. The summed E-state index contributed by atoms with van der Waals surface area (Å²) in [6, 6.07) is 33.0. The van der Waals surface area contributed by atoms with E-state index in [1.165, 1.54) is 11.8 Å². The Hall–Kier alpha value is -3.83. The van der Waals surface area contributed by atoms with Crippen LogP contribution in [-0.2, 0) is 16.0 Å². The van der Waals surface area contributed by atoms with Gasteiger partial charge >= 0.3 is 0 Å². The Morgan fingerprint density at radius 2 is 1.37 bits per heavy atom. The number of carbonyl (C=O) groups excluding carboxylic acids is 2. The van der Waals surface area contributed by atoms with E-state index in [-0.39, 0.29) is 11.8 Å². The minimum Gasteiger partial charge on any atom is -0.326 e. The highest BCUT2D eigenvalue weighted by atomic mass is 32.2. The normalized spacial score (nSPS) is 11.5. The van der Waals surface area contributed by atoms with Crippen molar-refractivity contribution in [3.8, 4) is 0 Å². The number of hydrogen-bond donors (Lipinski definition) is 2. The summed E-state index contributed by atoms with van der Waals surface area (Å²) in [4.78, 5) is 26.9. The number of para-hydroxylation sites is 1. The molecule has 0 saturated heterocycles. The summed E-state index contributed by atoms with van der Waals surface area (Å²) in [5, 5.41) is 5.66. The minimum atomic E-state index is -0.453. The highest BCUT2D eigenvalue weighted by molar-refractivity contribution is 8.00. The molecule has 0 spiro atoms. The van der Waals surface area contributed by atoms with Crippen molar-refractivity contribution in [2.24, 2.45) is 0 Å². The Kier molecular flexibility index (Phi) is 8.01. The van der Waals surface area contributed by atoms with E-state index < -0.39 is 5.25 Å². The average Bonchev–Trinajstić information content (AvgIpc) is 2.86. The van der Waals surface area contributed by atoms with Gasteiger partial charge in [-0.2, -0.15) is 0 Å². The van der Waals surface area contributed by atoms with Crippen LogP contribution < -0.4 is 10.6 Å². The van der Waals surface area contributed by atoms with Crippen LogP contribution in [0.4, 0.5) is 11.4 Å². The van der Waals surface area contributed by atoms with E-state index in [0.29, 0.717) is 12.1 Å². The van der Waals surface area contributed by atoms with E-state index in [1.54, 1.807) is 0 Å². The van der Waals surface area contributed by atoms with E-state index in [9.17, 15) is 9.59 Å². The van der Waals surface area contributed by atoms with Gasteiger partial charge in [0.2, 0.25) is 11.8 Å². The lowest BCUT2D eigenvalue weighted by Crippen LogP contribution is -2.20. The minimum absolute atomic E-state index is 0.0780. The molecule has 0 heterocycles. The summed E-state index contributed by atoms with van der Waals surface area (Å²) < 4.78 is 0. The Balaban J connectivity index is 1.52. The fourth-order valence-corrected chi connectivity index (χ4v) is 4.95. The molecule has 0 fully saturated rings. The van der Waals surface area contributed by atoms with Gasteiger partial charge in [-0.1, -0.05) is 84.9 Å². The molecule has 176 valence electrons. The Morgan fingerprint density at radius 1 is 0.743 bits per heavy atom. The summed E-state index contributed by atoms with van der Waals surface area (Å²) in [6.07, 6.45) is 0.309. The Labute approximate surface area is 210 Å². The van der Waals surface area contributed by atoms with Crippen LogP contribution in [0.2, 0.25) is 0 Å². The van der Waals surface area contributed by atoms with Gasteiger partial charge in [0.05, 0.1) is 6.42 Å². The zero-order valence-corrected chi connectivity index (χ0v) is 20.6. The molecule has 1 unspecified atom stereocenters. The number of hydrogen-bond acceptors (Lipinski definition) is 3. The SMILES string of the molecule is Cc1cccc(C)c1NC(=O)C(Sc1cccc(NC(=O)Cc2ccccc2)c1)c1ccccc1. The molecule has 0 aliphatic heterocycles. The number of thioether (sulfide) groups is 1. The van der Waals surface area contributed by atoms with Crippen molar-refractivity contribution in [1.29, 1.82) is 0 Å². The molecule has 4 aromatic carbocycles. The maximum atomic E-state index is 13.5. The van der Waals surface area contributed by atoms with Crippen LogP contribution in [-0.4, -0.2) is 11.8 Å². The molecule has 0 aromatic heterocycles. The molecule has 2 amide bonds. The topological polar surface area (TPSA) is 58.2 Å². The molecular formula is C30H28N2O2S. The average molecular weight is 481 g/mol. The van der Waals surface area contributed by atoms with E-state index in [1.807, 2.05) is 117 Å². The van der Waals surface area contributed by atoms with E-state index in [0.717, 1.165) is 32.8 Å². The molecule has 1 atom stereocenters. The van der Waals surface area contributed by atoms with E-state index in [2.05, 4.69) is 10.6 Å². The van der Waals surface area contributed by atoms with Gasteiger partial charge < -0.3 is 10.6 Å². The second-order valence-corrected chi connectivity index (χ2v) is 9.58. The number of rotatable bonds is 8. The number of nitrogens with one attached hydrogen (secondary N) is 2. The number of amides is 2. The third-order valence-corrected chi connectivity index (χ3v) is 6.90. The van der Waals surface area contributed by atoms with Crippen LogP contribution in [0.1, 0.15) is 27.5 Å². The summed E-state index contributed by atoms with van der Waals surface area (Å²) >= 11 is 1.46. The monoisotopic (exact) mass is 480 g/mol. The molecule has 0 aliphatic carbocycles. The Bertz CT molecular complexity index is 1290. The lowest BCUT2D eigenvalue weighted by molar-refractivity contribution is -0.116. The molecule has 4 aromatic rings. The van der Waals surface area contributed by atoms with Crippen molar-refractivity contribution >= 4 is 35.0 Å². The van der Waals surface area contributed by atoms with Crippen LogP contribution >= 0.6 is 11.8 Å².